The van der Waals surface area contributed by atoms with Crippen molar-refractivity contribution in [3.8, 4) is 0 Å². The number of carbonyl (C=O) groups is 1. The van der Waals surface area contributed by atoms with Gasteiger partial charge < -0.3 is 5.11 Å². The highest BCUT2D eigenvalue weighted by Crippen LogP contribution is 1.89. The van der Waals surface area contributed by atoms with Gasteiger partial charge in [0.25, 0.3) is 0 Å². The smallest absolute Gasteiger partial charge is 0.356 e. The quantitative estimate of drug-likeness (QED) is 0.655. The van der Waals surface area contributed by atoms with Gasteiger partial charge in [0.2, 0.25) is 0 Å². The number of nitrogens with zero attached hydrogens (tertiary/aromatic N) is 2. The SMILES string of the molecule is C=Cn1nc(C(=O)O)ccc1=N. The molecule has 0 spiro atoms. The Labute approximate surface area is 68.1 Å². The molecule has 5 nitrogen and oxygen atoms in total. The van der Waals surface area contributed by atoms with Crippen LogP contribution in [0, 0.1) is 5.41 Å². The summed E-state index contributed by atoms with van der Waals surface area (Å²) in [5, 5.41) is 19.4. The average Bonchev–Trinajstić information content (AvgIpc) is 2.05. The van der Waals surface area contributed by atoms with Crippen molar-refractivity contribution in [1.82, 2.24) is 9.78 Å². The average molecular weight is 165 g/mol. The minimum Gasteiger partial charge on any atom is -0.476 e. The van der Waals surface area contributed by atoms with Crippen molar-refractivity contribution in [1.29, 1.82) is 5.41 Å². The normalized spacial score (nSPS) is 9.33. The van der Waals surface area contributed by atoms with Crippen LogP contribution in [-0.4, -0.2) is 20.9 Å². The van der Waals surface area contributed by atoms with E-state index in [0.717, 1.165) is 4.68 Å². The van der Waals surface area contributed by atoms with E-state index >= 15 is 0 Å². The van der Waals surface area contributed by atoms with Gasteiger partial charge in [-0.2, -0.15) is 5.10 Å². The molecule has 1 aromatic rings. The molecular formula is C7H7N3O2. The minimum absolute atomic E-state index is 0.0926. The first kappa shape index (κ1) is 8.19. The molecule has 0 saturated carbocycles. The van der Waals surface area contributed by atoms with Crippen LogP contribution in [-0.2, 0) is 0 Å². The number of carboxylic acids is 1. The lowest BCUT2D eigenvalue weighted by Crippen LogP contribution is -2.19. The summed E-state index contributed by atoms with van der Waals surface area (Å²) >= 11 is 0. The van der Waals surface area contributed by atoms with Crippen molar-refractivity contribution in [3.63, 3.8) is 0 Å². The molecule has 12 heavy (non-hydrogen) atoms. The molecule has 0 radical (unpaired) electrons. The fraction of sp³-hybridized carbons (Fsp3) is 0. The molecule has 0 aliphatic carbocycles. The van der Waals surface area contributed by atoms with E-state index in [2.05, 4.69) is 11.7 Å². The number of hydrogen-bond donors (Lipinski definition) is 2. The predicted octanol–water partition coefficient (Wildman–Crippen LogP) is 0.161. The standard InChI is InChI=1S/C7H7N3O2/c1-2-10-6(8)4-3-5(9-10)7(11)12/h2-4,8H,1H2,(H,11,12). The van der Waals surface area contributed by atoms with Crippen molar-refractivity contribution >= 4 is 12.2 Å². The molecule has 1 heterocycles. The Morgan fingerprint density at radius 2 is 2.42 bits per heavy atom. The topological polar surface area (TPSA) is 79.0 Å². The Bertz CT molecular complexity index is 380. The number of rotatable bonds is 2. The lowest BCUT2D eigenvalue weighted by atomic mass is 10.4. The summed E-state index contributed by atoms with van der Waals surface area (Å²) in [7, 11) is 0. The molecule has 1 rings (SSSR count). The maximum atomic E-state index is 10.4. The second-order valence-corrected chi connectivity index (χ2v) is 2.04. The third-order valence-corrected chi connectivity index (χ3v) is 1.25. The first-order valence-corrected chi connectivity index (χ1v) is 3.15. The van der Waals surface area contributed by atoms with E-state index in [4.69, 9.17) is 10.5 Å². The van der Waals surface area contributed by atoms with Crippen molar-refractivity contribution in [2.75, 3.05) is 0 Å². The van der Waals surface area contributed by atoms with Gasteiger partial charge in [0.05, 0.1) is 0 Å². The van der Waals surface area contributed by atoms with E-state index in [9.17, 15) is 4.79 Å². The second kappa shape index (κ2) is 3.00. The van der Waals surface area contributed by atoms with Crippen molar-refractivity contribution < 1.29 is 9.90 Å². The van der Waals surface area contributed by atoms with Gasteiger partial charge in [-0.05, 0) is 12.1 Å². The van der Waals surface area contributed by atoms with Crippen LogP contribution in [0.4, 0.5) is 0 Å². The van der Waals surface area contributed by atoms with Gasteiger partial charge in [-0.1, -0.05) is 6.58 Å². The first-order valence-electron chi connectivity index (χ1n) is 3.15. The number of nitrogens with one attached hydrogen (secondary N) is 1. The lowest BCUT2D eigenvalue weighted by Gasteiger charge is -1.98. The second-order valence-electron chi connectivity index (χ2n) is 2.04. The molecule has 0 unspecified atom stereocenters. The molecule has 0 aromatic carbocycles. The van der Waals surface area contributed by atoms with Crippen LogP contribution >= 0.6 is 0 Å². The first-order chi connectivity index (χ1) is 5.65. The molecule has 0 aliphatic heterocycles. The Balaban J connectivity index is 3.32. The molecule has 0 atom stereocenters. The van der Waals surface area contributed by atoms with Gasteiger partial charge in [0.1, 0.15) is 5.49 Å². The highest BCUT2D eigenvalue weighted by Gasteiger charge is 2.03. The Morgan fingerprint density at radius 1 is 1.75 bits per heavy atom. The molecule has 0 amide bonds. The van der Waals surface area contributed by atoms with Crippen molar-refractivity contribution in [2.24, 2.45) is 0 Å². The number of carboxylic acid groups (broad SMARTS) is 1. The van der Waals surface area contributed by atoms with Crippen LogP contribution in [0.2, 0.25) is 0 Å². The highest BCUT2D eigenvalue weighted by atomic mass is 16.4. The monoisotopic (exact) mass is 165 g/mol. The van der Waals surface area contributed by atoms with Crippen molar-refractivity contribution in [2.45, 2.75) is 0 Å². The summed E-state index contributed by atoms with van der Waals surface area (Å²) in [5.74, 6) is -1.12. The summed E-state index contributed by atoms with van der Waals surface area (Å²) in [6.45, 7) is 3.38. The zero-order chi connectivity index (χ0) is 9.14. The maximum absolute atomic E-state index is 10.4. The minimum atomic E-state index is -1.12. The van der Waals surface area contributed by atoms with Crippen molar-refractivity contribution in [3.05, 3.63) is 29.9 Å². The lowest BCUT2D eigenvalue weighted by molar-refractivity contribution is 0.0688. The summed E-state index contributed by atoms with van der Waals surface area (Å²) < 4.78 is 1.09. The third-order valence-electron chi connectivity index (χ3n) is 1.25. The van der Waals surface area contributed by atoms with Gasteiger partial charge in [-0.15, -0.1) is 0 Å². The highest BCUT2D eigenvalue weighted by molar-refractivity contribution is 5.84. The van der Waals surface area contributed by atoms with E-state index in [-0.39, 0.29) is 11.2 Å². The van der Waals surface area contributed by atoms with Crippen LogP contribution in [0.25, 0.3) is 6.20 Å². The Kier molecular flexibility index (Phi) is 2.05. The van der Waals surface area contributed by atoms with Crippen LogP contribution in [0.15, 0.2) is 18.7 Å². The molecule has 5 heteroatoms. The van der Waals surface area contributed by atoms with Gasteiger partial charge in [-0.3, -0.25) is 5.41 Å². The third kappa shape index (κ3) is 1.39. The summed E-state index contributed by atoms with van der Waals surface area (Å²) in [6, 6.07) is 2.61. The Hall–Kier alpha value is -1.91. The summed E-state index contributed by atoms with van der Waals surface area (Å²) in [4.78, 5) is 10.4. The molecule has 0 saturated heterocycles. The zero-order valence-electron chi connectivity index (χ0n) is 6.19. The van der Waals surface area contributed by atoms with E-state index in [1.807, 2.05) is 0 Å². The number of aromatic carboxylic acids is 1. The maximum Gasteiger partial charge on any atom is 0.356 e. The molecule has 0 aliphatic rings. The predicted molar refractivity (Wildman–Crippen MR) is 41.4 cm³/mol. The van der Waals surface area contributed by atoms with Gasteiger partial charge in [-0.25, -0.2) is 9.48 Å². The molecule has 0 bridgehead atoms. The van der Waals surface area contributed by atoms with Gasteiger partial charge in [0, 0.05) is 6.20 Å². The Morgan fingerprint density at radius 3 is 2.92 bits per heavy atom. The zero-order valence-corrected chi connectivity index (χ0v) is 6.19. The van der Waals surface area contributed by atoms with Crippen LogP contribution < -0.4 is 5.49 Å². The summed E-state index contributed by atoms with van der Waals surface area (Å²) in [6.07, 6.45) is 1.27. The van der Waals surface area contributed by atoms with E-state index in [1.165, 1.54) is 18.3 Å². The number of aromatic nitrogens is 2. The van der Waals surface area contributed by atoms with Gasteiger partial charge in [0.15, 0.2) is 5.69 Å². The van der Waals surface area contributed by atoms with E-state index in [0.29, 0.717) is 0 Å². The van der Waals surface area contributed by atoms with Gasteiger partial charge >= 0.3 is 5.97 Å². The largest absolute Gasteiger partial charge is 0.476 e. The molecular weight excluding hydrogens is 158 g/mol. The molecule has 1 aromatic heterocycles. The fourth-order valence-corrected chi connectivity index (χ4v) is 0.691. The fourth-order valence-electron chi connectivity index (χ4n) is 0.691. The van der Waals surface area contributed by atoms with Crippen LogP contribution in [0.5, 0.6) is 0 Å². The number of hydrogen-bond acceptors (Lipinski definition) is 3. The van der Waals surface area contributed by atoms with Crippen LogP contribution in [0.3, 0.4) is 0 Å². The van der Waals surface area contributed by atoms with Crippen LogP contribution in [0.1, 0.15) is 10.5 Å². The molecule has 2 N–H and O–H groups in total. The summed E-state index contributed by atoms with van der Waals surface area (Å²) in [5.41, 5.74) is -0.0131. The van der Waals surface area contributed by atoms with E-state index < -0.39 is 5.97 Å². The molecule has 62 valence electrons. The van der Waals surface area contributed by atoms with E-state index in [1.54, 1.807) is 0 Å². The molecule has 0 fully saturated rings.